The molecule has 0 saturated heterocycles. The minimum absolute atomic E-state index is 0.0403. The molecule has 0 bridgehead atoms. The summed E-state index contributed by atoms with van der Waals surface area (Å²) in [7, 11) is 1.66. The number of carbonyl (C=O) groups is 1. The van der Waals surface area contributed by atoms with Crippen molar-refractivity contribution in [3.8, 4) is 0 Å². The van der Waals surface area contributed by atoms with Gasteiger partial charge in [-0.1, -0.05) is 6.42 Å². The van der Waals surface area contributed by atoms with Crippen LogP contribution in [0.3, 0.4) is 0 Å². The highest BCUT2D eigenvalue weighted by Crippen LogP contribution is 2.27. The number of hydrogen-bond acceptors (Lipinski definition) is 2. The van der Waals surface area contributed by atoms with Gasteiger partial charge in [0.25, 0.3) is 5.56 Å². The van der Waals surface area contributed by atoms with E-state index in [0.29, 0.717) is 5.69 Å². The number of nitrogens with one attached hydrogen (secondary N) is 1. The highest BCUT2D eigenvalue weighted by Gasteiger charge is 2.25. The molecule has 0 atom stereocenters. The van der Waals surface area contributed by atoms with Crippen molar-refractivity contribution in [3.05, 3.63) is 27.1 Å². The number of halogens is 1. The zero-order valence-corrected chi connectivity index (χ0v) is 10.6. The van der Waals surface area contributed by atoms with Gasteiger partial charge in [0, 0.05) is 23.6 Å². The van der Waals surface area contributed by atoms with Crippen LogP contribution in [0.2, 0.25) is 0 Å². The number of aromatic nitrogens is 1. The van der Waals surface area contributed by atoms with E-state index in [1.807, 2.05) is 0 Å². The first kappa shape index (κ1) is 11.4. The molecular weight excluding hydrogens is 272 g/mol. The van der Waals surface area contributed by atoms with E-state index < -0.39 is 0 Å². The van der Waals surface area contributed by atoms with E-state index in [4.69, 9.17) is 0 Å². The molecule has 0 aliphatic heterocycles. The molecule has 86 valence electrons. The van der Waals surface area contributed by atoms with Crippen LogP contribution in [0.1, 0.15) is 19.3 Å². The number of amides is 1. The molecule has 0 unspecified atom stereocenters. The van der Waals surface area contributed by atoms with Gasteiger partial charge in [-0.15, -0.1) is 0 Å². The minimum atomic E-state index is -0.184. The van der Waals surface area contributed by atoms with Gasteiger partial charge in [-0.3, -0.25) is 9.59 Å². The number of carbonyl (C=O) groups excluding carboxylic acids is 1. The van der Waals surface area contributed by atoms with Crippen molar-refractivity contribution in [2.24, 2.45) is 13.0 Å². The van der Waals surface area contributed by atoms with E-state index in [2.05, 4.69) is 21.2 Å². The van der Waals surface area contributed by atoms with Crippen LogP contribution in [-0.2, 0) is 11.8 Å². The molecule has 1 amide bonds. The van der Waals surface area contributed by atoms with Gasteiger partial charge in [-0.05, 0) is 34.8 Å². The number of pyridine rings is 1. The van der Waals surface area contributed by atoms with E-state index in [0.717, 1.165) is 23.7 Å². The molecule has 0 aromatic carbocycles. The van der Waals surface area contributed by atoms with E-state index in [1.165, 1.54) is 4.57 Å². The first-order valence-corrected chi connectivity index (χ1v) is 6.04. The van der Waals surface area contributed by atoms with E-state index >= 15 is 0 Å². The summed E-state index contributed by atoms with van der Waals surface area (Å²) in [5, 5.41) is 2.69. The van der Waals surface area contributed by atoms with E-state index in [-0.39, 0.29) is 17.4 Å². The largest absolute Gasteiger partial charge is 0.321 e. The SMILES string of the molecule is Cn1cc(Br)cc(NC(=O)C2CCC2)c1=O. The van der Waals surface area contributed by atoms with Crippen LogP contribution in [0.25, 0.3) is 0 Å². The van der Waals surface area contributed by atoms with Gasteiger partial charge in [0.2, 0.25) is 5.91 Å². The lowest BCUT2D eigenvalue weighted by atomic mass is 9.85. The maximum atomic E-state index is 11.7. The first-order chi connectivity index (χ1) is 7.58. The smallest absolute Gasteiger partial charge is 0.274 e. The van der Waals surface area contributed by atoms with Gasteiger partial charge < -0.3 is 9.88 Å². The third kappa shape index (κ3) is 2.19. The number of nitrogens with zero attached hydrogens (tertiary/aromatic N) is 1. The summed E-state index contributed by atoms with van der Waals surface area (Å²) in [6, 6.07) is 1.64. The Bertz CT molecular complexity index is 477. The van der Waals surface area contributed by atoms with E-state index in [9.17, 15) is 9.59 Å². The number of hydrogen-bond donors (Lipinski definition) is 1. The molecule has 2 rings (SSSR count). The van der Waals surface area contributed by atoms with Gasteiger partial charge in [0.15, 0.2) is 0 Å². The fraction of sp³-hybridized carbons (Fsp3) is 0.455. The maximum absolute atomic E-state index is 11.7. The molecule has 0 spiro atoms. The Morgan fingerprint density at radius 1 is 1.56 bits per heavy atom. The molecule has 4 nitrogen and oxygen atoms in total. The third-order valence-electron chi connectivity index (χ3n) is 2.88. The molecule has 5 heteroatoms. The standard InChI is InChI=1S/C11H13BrN2O2/c1-14-6-8(12)5-9(11(14)16)13-10(15)7-3-2-4-7/h5-7H,2-4H2,1H3,(H,13,15). The van der Waals surface area contributed by atoms with Crippen molar-refractivity contribution in [1.29, 1.82) is 0 Å². The number of anilines is 1. The molecule has 1 aliphatic carbocycles. The lowest BCUT2D eigenvalue weighted by molar-refractivity contribution is -0.122. The normalized spacial score (nSPS) is 15.6. The highest BCUT2D eigenvalue weighted by atomic mass is 79.9. The maximum Gasteiger partial charge on any atom is 0.274 e. The Morgan fingerprint density at radius 3 is 2.81 bits per heavy atom. The second kappa shape index (κ2) is 4.41. The molecule has 1 aromatic heterocycles. The molecule has 1 heterocycles. The second-order valence-electron chi connectivity index (χ2n) is 4.11. The molecule has 0 radical (unpaired) electrons. The van der Waals surface area contributed by atoms with Crippen molar-refractivity contribution in [2.75, 3.05) is 5.32 Å². The van der Waals surface area contributed by atoms with Crippen LogP contribution in [0, 0.1) is 5.92 Å². The Balaban J connectivity index is 2.20. The molecule has 1 fully saturated rings. The fourth-order valence-corrected chi connectivity index (χ4v) is 2.20. The minimum Gasteiger partial charge on any atom is -0.321 e. The average molecular weight is 285 g/mol. The predicted octanol–water partition coefficient (Wildman–Crippen LogP) is 1.89. The quantitative estimate of drug-likeness (QED) is 0.902. The van der Waals surface area contributed by atoms with Crippen molar-refractivity contribution in [2.45, 2.75) is 19.3 Å². The van der Waals surface area contributed by atoms with E-state index in [1.54, 1.807) is 19.3 Å². The Hall–Kier alpha value is -1.10. The van der Waals surface area contributed by atoms with Crippen LogP contribution in [0.5, 0.6) is 0 Å². The van der Waals surface area contributed by atoms with Gasteiger partial charge in [0.1, 0.15) is 5.69 Å². The summed E-state index contributed by atoms with van der Waals surface area (Å²) < 4.78 is 2.22. The highest BCUT2D eigenvalue weighted by molar-refractivity contribution is 9.10. The summed E-state index contributed by atoms with van der Waals surface area (Å²) in [6.45, 7) is 0. The first-order valence-electron chi connectivity index (χ1n) is 5.25. The van der Waals surface area contributed by atoms with Gasteiger partial charge in [0.05, 0.1) is 0 Å². The van der Waals surface area contributed by atoms with Crippen LogP contribution < -0.4 is 10.9 Å². The van der Waals surface area contributed by atoms with Crippen LogP contribution >= 0.6 is 15.9 Å². The van der Waals surface area contributed by atoms with Crippen LogP contribution in [0.4, 0.5) is 5.69 Å². The molecule has 1 aliphatic rings. The average Bonchev–Trinajstić information content (AvgIpc) is 2.10. The summed E-state index contributed by atoms with van der Waals surface area (Å²) in [4.78, 5) is 23.4. The molecule has 16 heavy (non-hydrogen) atoms. The summed E-state index contributed by atoms with van der Waals surface area (Å²) in [6.07, 6.45) is 4.64. The lowest BCUT2D eigenvalue weighted by Gasteiger charge is -2.23. The number of aryl methyl sites for hydroxylation is 1. The predicted molar refractivity (Wildman–Crippen MR) is 65.4 cm³/mol. The molecule has 1 N–H and O–H groups in total. The monoisotopic (exact) mass is 284 g/mol. The topological polar surface area (TPSA) is 51.1 Å². The Morgan fingerprint density at radius 2 is 2.25 bits per heavy atom. The van der Waals surface area contributed by atoms with Crippen LogP contribution in [-0.4, -0.2) is 10.5 Å². The third-order valence-corrected chi connectivity index (χ3v) is 3.32. The second-order valence-corrected chi connectivity index (χ2v) is 5.02. The molecular formula is C11H13BrN2O2. The van der Waals surface area contributed by atoms with Crippen molar-refractivity contribution < 1.29 is 4.79 Å². The van der Waals surface area contributed by atoms with Crippen LogP contribution in [0.15, 0.2) is 21.5 Å². The number of rotatable bonds is 2. The zero-order valence-electron chi connectivity index (χ0n) is 9.00. The summed E-state index contributed by atoms with van der Waals surface area (Å²) in [5.41, 5.74) is 0.157. The zero-order chi connectivity index (χ0) is 11.7. The van der Waals surface area contributed by atoms with Crippen molar-refractivity contribution in [1.82, 2.24) is 4.57 Å². The van der Waals surface area contributed by atoms with Gasteiger partial charge >= 0.3 is 0 Å². The van der Waals surface area contributed by atoms with Gasteiger partial charge in [-0.25, -0.2) is 0 Å². The van der Waals surface area contributed by atoms with Crippen molar-refractivity contribution >= 4 is 27.5 Å². The molecule has 1 aromatic rings. The Kier molecular flexibility index (Phi) is 3.14. The lowest BCUT2D eigenvalue weighted by Crippen LogP contribution is -2.31. The molecule has 1 saturated carbocycles. The van der Waals surface area contributed by atoms with Crippen molar-refractivity contribution in [3.63, 3.8) is 0 Å². The summed E-state index contributed by atoms with van der Waals surface area (Å²) >= 11 is 3.29. The van der Waals surface area contributed by atoms with Gasteiger partial charge in [-0.2, -0.15) is 0 Å². The fourth-order valence-electron chi connectivity index (χ4n) is 1.67. The Labute approximate surface area is 102 Å². The summed E-state index contributed by atoms with van der Waals surface area (Å²) in [5.74, 6) is 0.0464.